The molecule has 2 aliphatic rings. The Morgan fingerprint density at radius 2 is 1.75 bits per heavy atom. The highest BCUT2D eigenvalue weighted by molar-refractivity contribution is 5.93. The van der Waals surface area contributed by atoms with Gasteiger partial charge in [0.1, 0.15) is 5.76 Å². The lowest BCUT2D eigenvalue weighted by Gasteiger charge is -2.30. The lowest BCUT2D eigenvalue weighted by molar-refractivity contribution is -0.123. The van der Waals surface area contributed by atoms with Crippen molar-refractivity contribution in [1.29, 1.82) is 0 Å². The van der Waals surface area contributed by atoms with Crippen LogP contribution >= 0.6 is 0 Å². The van der Waals surface area contributed by atoms with Crippen LogP contribution in [0.4, 0.5) is 0 Å². The molecule has 2 saturated carbocycles. The summed E-state index contributed by atoms with van der Waals surface area (Å²) in [5.41, 5.74) is 0.0328. The van der Waals surface area contributed by atoms with Crippen molar-refractivity contribution < 1.29 is 18.8 Å². The molecular weight excluding hydrogens is 360 g/mol. The van der Waals surface area contributed by atoms with Crippen molar-refractivity contribution >= 4 is 17.7 Å². The summed E-state index contributed by atoms with van der Waals surface area (Å²) in [4.78, 5) is 40.1. The van der Waals surface area contributed by atoms with Crippen LogP contribution in [-0.2, 0) is 9.59 Å². The third kappa shape index (κ3) is 5.11. The topological polar surface area (TPSA) is 113 Å². The van der Waals surface area contributed by atoms with Gasteiger partial charge >= 0.3 is 0 Å². The minimum Gasteiger partial charge on any atom is -0.447 e. The SMILES string of the molecule is CC(=O)NC1(CC(=O)NC2CCC(NC(=O)c3ncoc3C(C)C)CC2)CC1. The second-order valence-corrected chi connectivity index (χ2v) is 8.45. The fourth-order valence-electron chi connectivity index (χ4n) is 3.93. The minimum atomic E-state index is -0.327. The van der Waals surface area contributed by atoms with Gasteiger partial charge in [0.25, 0.3) is 5.91 Å². The summed E-state index contributed by atoms with van der Waals surface area (Å²) in [5.74, 6) is 0.404. The van der Waals surface area contributed by atoms with Crippen LogP contribution in [0.3, 0.4) is 0 Å². The van der Waals surface area contributed by atoms with E-state index in [2.05, 4.69) is 20.9 Å². The molecule has 0 unspecified atom stereocenters. The molecule has 0 bridgehead atoms. The Morgan fingerprint density at radius 1 is 1.14 bits per heavy atom. The van der Waals surface area contributed by atoms with E-state index in [4.69, 9.17) is 4.42 Å². The standard InChI is InChI=1S/C20H30N4O4/c1-12(2)18-17(21-11-28-18)19(27)23-15-6-4-14(5-7-15)22-16(26)10-20(8-9-20)24-13(3)25/h11-12,14-15H,4-10H2,1-3H3,(H,22,26)(H,23,27)(H,24,25). The molecule has 0 atom stereocenters. The predicted octanol–water partition coefficient (Wildman–Crippen LogP) is 2.01. The zero-order chi connectivity index (χ0) is 20.3. The first kappa shape index (κ1) is 20.4. The van der Waals surface area contributed by atoms with Crippen molar-refractivity contribution in [3.8, 4) is 0 Å². The van der Waals surface area contributed by atoms with Crippen LogP contribution in [0.2, 0.25) is 0 Å². The van der Waals surface area contributed by atoms with Gasteiger partial charge in [-0.1, -0.05) is 13.8 Å². The molecule has 1 aromatic rings. The monoisotopic (exact) mass is 390 g/mol. The fraction of sp³-hybridized carbons (Fsp3) is 0.700. The number of hydrogen-bond acceptors (Lipinski definition) is 5. The Hall–Kier alpha value is -2.38. The second-order valence-electron chi connectivity index (χ2n) is 8.45. The molecule has 154 valence electrons. The molecule has 8 nitrogen and oxygen atoms in total. The molecule has 0 aliphatic heterocycles. The lowest BCUT2D eigenvalue weighted by Crippen LogP contribution is -2.46. The zero-order valence-corrected chi connectivity index (χ0v) is 16.8. The van der Waals surface area contributed by atoms with Gasteiger partial charge in [0.15, 0.2) is 12.1 Å². The van der Waals surface area contributed by atoms with Gasteiger partial charge in [-0.15, -0.1) is 0 Å². The number of oxazole rings is 1. The summed E-state index contributed by atoms with van der Waals surface area (Å²) in [6, 6.07) is 0.193. The van der Waals surface area contributed by atoms with Crippen molar-refractivity contribution in [1.82, 2.24) is 20.9 Å². The van der Waals surface area contributed by atoms with E-state index in [1.807, 2.05) is 13.8 Å². The van der Waals surface area contributed by atoms with Gasteiger partial charge in [0, 0.05) is 36.9 Å². The van der Waals surface area contributed by atoms with Crippen LogP contribution in [0.5, 0.6) is 0 Å². The number of aromatic nitrogens is 1. The Kier molecular flexibility index (Phi) is 6.05. The van der Waals surface area contributed by atoms with Gasteiger partial charge in [0.2, 0.25) is 11.8 Å². The Labute approximate surface area is 165 Å². The van der Waals surface area contributed by atoms with Gasteiger partial charge in [-0.25, -0.2) is 4.98 Å². The van der Waals surface area contributed by atoms with E-state index in [1.165, 1.54) is 13.3 Å². The molecule has 0 aromatic carbocycles. The maximum Gasteiger partial charge on any atom is 0.273 e. The molecule has 2 aliphatic carbocycles. The van der Waals surface area contributed by atoms with E-state index in [1.54, 1.807) is 0 Å². The summed E-state index contributed by atoms with van der Waals surface area (Å²) in [6.07, 6.45) is 6.63. The normalized spacial score (nSPS) is 23.1. The number of carbonyl (C=O) groups excluding carboxylic acids is 3. The predicted molar refractivity (Wildman–Crippen MR) is 103 cm³/mol. The molecular formula is C20H30N4O4. The summed E-state index contributed by atoms with van der Waals surface area (Å²) in [5, 5.41) is 9.01. The first-order valence-corrected chi connectivity index (χ1v) is 10.1. The van der Waals surface area contributed by atoms with Crippen LogP contribution in [-0.4, -0.2) is 40.3 Å². The second kappa shape index (κ2) is 8.32. The minimum absolute atomic E-state index is 0.0112. The molecule has 0 saturated heterocycles. The van der Waals surface area contributed by atoms with Crippen LogP contribution in [0.25, 0.3) is 0 Å². The molecule has 28 heavy (non-hydrogen) atoms. The van der Waals surface area contributed by atoms with E-state index in [0.29, 0.717) is 17.9 Å². The largest absolute Gasteiger partial charge is 0.447 e. The fourth-order valence-corrected chi connectivity index (χ4v) is 3.93. The van der Waals surface area contributed by atoms with Gasteiger partial charge in [-0.2, -0.15) is 0 Å². The molecule has 8 heteroatoms. The summed E-state index contributed by atoms with van der Waals surface area (Å²) in [7, 11) is 0. The van der Waals surface area contributed by atoms with Crippen molar-refractivity contribution in [3.63, 3.8) is 0 Å². The third-order valence-corrected chi connectivity index (χ3v) is 5.56. The first-order valence-electron chi connectivity index (χ1n) is 10.1. The van der Waals surface area contributed by atoms with Crippen LogP contribution in [0.1, 0.15) is 87.9 Å². The smallest absolute Gasteiger partial charge is 0.273 e. The van der Waals surface area contributed by atoms with E-state index < -0.39 is 0 Å². The van der Waals surface area contributed by atoms with E-state index in [9.17, 15) is 14.4 Å². The number of hydrogen-bond donors (Lipinski definition) is 3. The number of amides is 3. The number of nitrogens with zero attached hydrogens (tertiary/aromatic N) is 1. The molecule has 0 spiro atoms. The van der Waals surface area contributed by atoms with Crippen molar-refractivity contribution in [2.24, 2.45) is 0 Å². The van der Waals surface area contributed by atoms with E-state index >= 15 is 0 Å². The third-order valence-electron chi connectivity index (χ3n) is 5.56. The van der Waals surface area contributed by atoms with E-state index in [-0.39, 0.29) is 41.3 Å². The van der Waals surface area contributed by atoms with Crippen LogP contribution in [0, 0.1) is 0 Å². The molecule has 2 fully saturated rings. The lowest BCUT2D eigenvalue weighted by atomic mass is 9.90. The summed E-state index contributed by atoms with van der Waals surface area (Å²) >= 11 is 0. The van der Waals surface area contributed by atoms with Crippen LogP contribution < -0.4 is 16.0 Å². The maximum absolute atomic E-state index is 12.5. The molecule has 0 radical (unpaired) electrons. The van der Waals surface area contributed by atoms with Crippen molar-refractivity contribution in [2.45, 2.75) is 89.3 Å². The van der Waals surface area contributed by atoms with Crippen LogP contribution in [0.15, 0.2) is 10.8 Å². The van der Waals surface area contributed by atoms with Gasteiger partial charge in [-0.3, -0.25) is 14.4 Å². The molecule has 3 rings (SSSR count). The summed E-state index contributed by atoms with van der Waals surface area (Å²) < 4.78 is 5.32. The average Bonchev–Trinajstić information content (AvgIpc) is 3.17. The average molecular weight is 390 g/mol. The Bertz CT molecular complexity index is 730. The molecule has 1 aromatic heterocycles. The van der Waals surface area contributed by atoms with Gasteiger partial charge in [-0.05, 0) is 38.5 Å². The number of rotatable bonds is 7. The highest BCUT2D eigenvalue weighted by atomic mass is 16.3. The zero-order valence-electron chi connectivity index (χ0n) is 16.8. The number of nitrogens with one attached hydrogen (secondary N) is 3. The quantitative estimate of drug-likeness (QED) is 0.659. The molecule has 1 heterocycles. The molecule has 3 N–H and O–H groups in total. The highest BCUT2D eigenvalue weighted by Gasteiger charge is 2.45. The molecule has 3 amide bonds. The van der Waals surface area contributed by atoms with Crippen molar-refractivity contribution in [2.75, 3.05) is 0 Å². The first-order chi connectivity index (χ1) is 13.3. The van der Waals surface area contributed by atoms with Crippen molar-refractivity contribution in [3.05, 3.63) is 17.8 Å². The van der Waals surface area contributed by atoms with Gasteiger partial charge < -0.3 is 20.4 Å². The van der Waals surface area contributed by atoms with E-state index in [0.717, 1.165) is 38.5 Å². The maximum atomic E-state index is 12.5. The summed E-state index contributed by atoms with van der Waals surface area (Å²) in [6.45, 7) is 5.41. The Morgan fingerprint density at radius 3 is 2.29 bits per heavy atom. The van der Waals surface area contributed by atoms with Gasteiger partial charge in [0.05, 0.1) is 0 Å². The number of carbonyl (C=O) groups is 3. The highest BCUT2D eigenvalue weighted by Crippen LogP contribution is 2.38. The Balaban J connectivity index is 1.42.